The van der Waals surface area contributed by atoms with E-state index in [0.717, 1.165) is 16.7 Å². The third-order valence-corrected chi connectivity index (χ3v) is 2.54. The molecule has 1 N–H and O–H groups in total. The van der Waals surface area contributed by atoms with Crippen LogP contribution in [0.15, 0.2) is 18.2 Å². The molecule has 0 bridgehead atoms. The second kappa shape index (κ2) is 3.89. The highest BCUT2D eigenvalue weighted by molar-refractivity contribution is 5.96. The summed E-state index contributed by atoms with van der Waals surface area (Å²) < 4.78 is 5.36. The summed E-state index contributed by atoms with van der Waals surface area (Å²) >= 11 is 0. The number of fused-ring (bicyclic) bond motifs is 1. The van der Waals surface area contributed by atoms with Crippen molar-refractivity contribution < 1.29 is 14.6 Å². The van der Waals surface area contributed by atoms with E-state index in [2.05, 4.69) is 4.98 Å². The Morgan fingerprint density at radius 1 is 1.50 bits per heavy atom. The van der Waals surface area contributed by atoms with Gasteiger partial charge in [-0.2, -0.15) is 0 Å². The fraction of sp³-hybridized carbons (Fsp3) is 0.250. The lowest BCUT2D eigenvalue weighted by atomic mass is 10.1. The van der Waals surface area contributed by atoms with E-state index >= 15 is 0 Å². The highest BCUT2D eigenvalue weighted by atomic mass is 16.5. The molecule has 2 aromatic rings. The summed E-state index contributed by atoms with van der Waals surface area (Å²) in [5, 5.41) is 11.7. The maximum atomic E-state index is 10.8. The highest BCUT2D eigenvalue weighted by Gasteiger charge is 2.08. The number of benzene rings is 1. The number of H-pyrrole nitrogens is 1. The lowest BCUT2D eigenvalue weighted by Gasteiger charge is -2.02. The normalized spacial score (nSPS) is 10.6. The van der Waals surface area contributed by atoms with Crippen LogP contribution in [0.4, 0.5) is 0 Å². The summed E-state index contributed by atoms with van der Waals surface area (Å²) in [4.78, 5) is 13.6. The summed E-state index contributed by atoms with van der Waals surface area (Å²) in [5.41, 5.74) is 1.58. The van der Waals surface area contributed by atoms with Crippen molar-refractivity contribution in [2.24, 2.45) is 0 Å². The Morgan fingerprint density at radius 2 is 2.25 bits per heavy atom. The number of carbonyl (C=O) groups is 1. The van der Waals surface area contributed by atoms with E-state index in [1.54, 1.807) is 19.1 Å². The van der Waals surface area contributed by atoms with Crippen molar-refractivity contribution in [3.05, 3.63) is 29.5 Å². The number of aromatic nitrogens is 1. The Labute approximate surface area is 92.9 Å². The molecule has 0 spiro atoms. The number of hydrogen-bond donors (Lipinski definition) is 1. The summed E-state index contributed by atoms with van der Waals surface area (Å²) in [6, 6.07) is 5.44. The summed E-state index contributed by atoms with van der Waals surface area (Å²) in [7, 11) is 0. The molecule has 1 aromatic carbocycles. The molecule has 4 nitrogen and oxygen atoms in total. The number of rotatable bonds is 3. The van der Waals surface area contributed by atoms with Crippen molar-refractivity contribution in [1.29, 1.82) is 0 Å². The number of carbonyl (C=O) groups excluding carboxylic acids is 1. The lowest BCUT2D eigenvalue weighted by Crippen LogP contribution is -2.23. The Morgan fingerprint density at radius 3 is 2.88 bits per heavy atom. The lowest BCUT2D eigenvalue weighted by molar-refractivity contribution is -0.255. The molecule has 0 fully saturated rings. The molecule has 0 saturated heterocycles. The molecule has 16 heavy (non-hydrogen) atoms. The van der Waals surface area contributed by atoms with Gasteiger partial charge < -0.3 is 19.6 Å². The first kappa shape index (κ1) is 10.5. The largest absolute Gasteiger partial charge is 0.543 e. The zero-order chi connectivity index (χ0) is 11.7. The molecule has 0 unspecified atom stereocenters. The van der Waals surface area contributed by atoms with E-state index < -0.39 is 5.97 Å². The van der Waals surface area contributed by atoms with E-state index in [9.17, 15) is 9.90 Å². The SMILES string of the molecule is CCOc1ccc2[nH]c(C(=O)[O-])c(C)c2c1. The average molecular weight is 218 g/mol. The molecule has 2 rings (SSSR count). The zero-order valence-corrected chi connectivity index (χ0v) is 9.16. The molecule has 0 radical (unpaired) electrons. The van der Waals surface area contributed by atoms with E-state index in [1.807, 2.05) is 13.0 Å². The number of carboxylic acids is 1. The van der Waals surface area contributed by atoms with Gasteiger partial charge in [-0.3, -0.25) is 0 Å². The first-order valence-corrected chi connectivity index (χ1v) is 5.10. The third kappa shape index (κ3) is 1.62. The minimum Gasteiger partial charge on any atom is -0.543 e. The molecule has 84 valence electrons. The first-order chi connectivity index (χ1) is 7.63. The molecule has 1 aromatic heterocycles. The second-order valence-electron chi connectivity index (χ2n) is 3.55. The summed E-state index contributed by atoms with van der Waals surface area (Å²) in [5.74, 6) is -0.450. The molecule has 4 heteroatoms. The number of aromatic carboxylic acids is 1. The van der Waals surface area contributed by atoms with Gasteiger partial charge in [0.1, 0.15) is 5.75 Å². The topological polar surface area (TPSA) is 65.2 Å². The molecule has 1 heterocycles. The smallest absolute Gasteiger partial charge is 0.120 e. The van der Waals surface area contributed by atoms with Gasteiger partial charge in [0.15, 0.2) is 0 Å². The summed E-state index contributed by atoms with van der Waals surface area (Å²) in [6.07, 6.45) is 0. The van der Waals surface area contributed by atoms with Gasteiger partial charge in [0.05, 0.1) is 18.3 Å². The van der Waals surface area contributed by atoms with Gasteiger partial charge in [-0.25, -0.2) is 0 Å². The van der Waals surface area contributed by atoms with Crippen molar-refractivity contribution in [3.63, 3.8) is 0 Å². The van der Waals surface area contributed by atoms with Crippen LogP contribution < -0.4 is 9.84 Å². The van der Waals surface area contributed by atoms with Crippen LogP contribution >= 0.6 is 0 Å². The number of nitrogens with one attached hydrogen (secondary N) is 1. The van der Waals surface area contributed by atoms with E-state index in [-0.39, 0.29) is 5.69 Å². The first-order valence-electron chi connectivity index (χ1n) is 5.10. The van der Waals surface area contributed by atoms with Crippen LogP contribution in [-0.4, -0.2) is 17.6 Å². The Kier molecular flexibility index (Phi) is 2.56. The van der Waals surface area contributed by atoms with Crippen LogP contribution in [0.5, 0.6) is 5.75 Å². The van der Waals surface area contributed by atoms with Crippen molar-refractivity contribution in [2.45, 2.75) is 13.8 Å². The van der Waals surface area contributed by atoms with E-state index in [1.165, 1.54) is 0 Å². The zero-order valence-electron chi connectivity index (χ0n) is 9.16. The molecule has 0 atom stereocenters. The fourth-order valence-corrected chi connectivity index (χ4v) is 1.77. The maximum Gasteiger partial charge on any atom is 0.120 e. The predicted octanol–water partition coefficient (Wildman–Crippen LogP) is 1.24. The number of aryl methyl sites for hydroxylation is 1. The number of hydrogen-bond acceptors (Lipinski definition) is 3. The third-order valence-electron chi connectivity index (χ3n) is 2.54. The number of aromatic amines is 1. The van der Waals surface area contributed by atoms with Gasteiger partial charge in [-0.15, -0.1) is 0 Å². The standard InChI is InChI=1S/C12H13NO3/c1-3-16-8-4-5-10-9(6-8)7(2)11(13-10)12(14)15/h4-6,13H,3H2,1-2H3,(H,14,15)/p-1. The highest BCUT2D eigenvalue weighted by Crippen LogP contribution is 2.25. The van der Waals surface area contributed by atoms with Crippen molar-refractivity contribution >= 4 is 16.9 Å². The van der Waals surface area contributed by atoms with E-state index in [4.69, 9.17) is 4.74 Å². The second-order valence-corrected chi connectivity index (χ2v) is 3.55. The fourth-order valence-electron chi connectivity index (χ4n) is 1.77. The van der Waals surface area contributed by atoms with Crippen LogP contribution in [0.1, 0.15) is 23.0 Å². The molecular weight excluding hydrogens is 206 g/mol. The Balaban J connectivity index is 2.59. The van der Waals surface area contributed by atoms with Crippen molar-refractivity contribution in [1.82, 2.24) is 4.98 Å². The molecule has 0 aliphatic heterocycles. The average Bonchev–Trinajstić information content (AvgIpc) is 2.57. The van der Waals surface area contributed by atoms with Crippen LogP contribution in [0, 0.1) is 6.92 Å². The molecule has 0 aliphatic rings. The quantitative estimate of drug-likeness (QED) is 0.842. The Bertz CT molecular complexity index is 542. The Hall–Kier alpha value is -1.97. The van der Waals surface area contributed by atoms with Crippen LogP contribution in [0.3, 0.4) is 0 Å². The minimum absolute atomic E-state index is 0.128. The number of ether oxygens (including phenoxy) is 1. The van der Waals surface area contributed by atoms with Gasteiger partial charge in [0, 0.05) is 10.9 Å². The van der Waals surface area contributed by atoms with E-state index in [0.29, 0.717) is 12.2 Å². The van der Waals surface area contributed by atoms with Gasteiger partial charge in [-0.1, -0.05) is 0 Å². The summed E-state index contributed by atoms with van der Waals surface area (Å²) in [6.45, 7) is 4.24. The molecule has 0 saturated carbocycles. The predicted molar refractivity (Wildman–Crippen MR) is 58.5 cm³/mol. The van der Waals surface area contributed by atoms with Crippen molar-refractivity contribution in [3.8, 4) is 5.75 Å². The van der Waals surface area contributed by atoms with Gasteiger partial charge >= 0.3 is 0 Å². The molecule has 0 amide bonds. The van der Waals surface area contributed by atoms with Crippen LogP contribution in [0.2, 0.25) is 0 Å². The van der Waals surface area contributed by atoms with Crippen molar-refractivity contribution in [2.75, 3.05) is 6.61 Å². The van der Waals surface area contributed by atoms with Gasteiger partial charge in [0.2, 0.25) is 0 Å². The monoisotopic (exact) mass is 218 g/mol. The molecule has 0 aliphatic carbocycles. The van der Waals surface area contributed by atoms with Crippen LogP contribution in [-0.2, 0) is 0 Å². The maximum absolute atomic E-state index is 10.8. The van der Waals surface area contributed by atoms with Gasteiger partial charge in [0.25, 0.3) is 0 Å². The van der Waals surface area contributed by atoms with Gasteiger partial charge in [-0.05, 0) is 37.6 Å². The minimum atomic E-state index is -1.19. The molecular formula is C12H12NO3-. The van der Waals surface area contributed by atoms with Crippen LogP contribution in [0.25, 0.3) is 10.9 Å². The number of carboxylic acid groups (broad SMARTS) is 1.